The number of benzene rings is 1. The molecule has 0 atom stereocenters. The molecule has 0 bridgehead atoms. The van der Waals surface area contributed by atoms with Crippen LogP contribution in [0.15, 0.2) is 43.2 Å². The van der Waals surface area contributed by atoms with Gasteiger partial charge in [-0.05, 0) is 32.0 Å². The zero-order chi connectivity index (χ0) is 15.7. The van der Waals surface area contributed by atoms with E-state index in [2.05, 4.69) is 26.1 Å². The number of aromatic nitrogens is 3. The lowest BCUT2D eigenvalue weighted by Crippen LogP contribution is -2.22. The number of rotatable bonds is 4. The van der Waals surface area contributed by atoms with Crippen LogP contribution in [0.3, 0.4) is 0 Å². The Morgan fingerprint density at radius 2 is 2.18 bits per heavy atom. The van der Waals surface area contributed by atoms with Gasteiger partial charge in [0.25, 0.3) is 5.56 Å². The van der Waals surface area contributed by atoms with Crippen LogP contribution in [0.25, 0.3) is 10.9 Å². The van der Waals surface area contributed by atoms with Crippen molar-refractivity contribution in [3.8, 4) is 0 Å². The van der Waals surface area contributed by atoms with Crippen LogP contribution in [0.1, 0.15) is 18.4 Å². The Balaban J connectivity index is 2.01. The summed E-state index contributed by atoms with van der Waals surface area (Å²) in [6.45, 7) is 4.38. The van der Waals surface area contributed by atoms with Gasteiger partial charge in [0.1, 0.15) is 5.76 Å². The van der Waals surface area contributed by atoms with Gasteiger partial charge in [-0.2, -0.15) is 0 Å². The van der Waals surface area contributed by atoms with Crippen LogP contribution < -0.4 is 5.56 Å². The molecular formula is C15H14BrN3O2S. The lowest BCUT2D eigenvalue weighted by Gasteiger charge is -2.10. The minimum absolute atomic E-state index is 0.0207. The molecule has 0 saturated heterocycles. The first-order chi connectivity index (χ1) is 10.6. The number of fused-ring (bicyclic) bond motifs is 1. The molecule has 3 aromatic rings. The summed E-state index contributed by atoms with van der Waals surface area (Å²) in [7, 11) is 0. The fourth-order valence-corrected chi connectivity index (χ4v) is 3.49. The summed E-state index contributed by atoms with van der Waals surface area (Å²) < 4.78 is 7.62. The highest BCUT2D eigenvalue weighted by Gasteiger charge is 2.12. The van der Waals surface area contributed by atoms with E-state index in [-0.39, 0.29) is 5.56 Å². The smallest absolute Gasteiger partial charge is 0.262 e. The minimum atomic E-state index is -0.0207. The van der Waals surface area contributed by atoms with Gasteiger partial charge < -0.3 is 4.52 Å². The number of aryl methyl sites for hydroxylation is 1. The van der Waals surface area contributed by atoms with Crippen molar-refractivity contribution in [1.29, 1.82) is 0 Å². The van der Waals surface area contributed by atoms with E-state index in [1.807, 2.05) is 38.1 Å². The highest BCUT2D eigenvalue weighted by molar-refractivity contribution is 9.10. The van der Waals surface area contributed by atoms with Gasteiger partial charge in [0, 0.05) is 22.8 Å². The van der Waals surface area contributed by atoms with Crippen molar-refractivity contribution in [1.82, 2.24) is 14.7 Å². The Morgan fingerprint density at radius 3 is 2.86 bits per heavy atom. The molecule has 0 spiro atoms. The molecule has 2 aromatic heterocycles. The maximum absolute atomic E-state index is 12.6. The fraction of sp³-hybridized carbons (Fsp3) is 0.267. The molecule has 0 radical (unpaired) electrons. The molecule has 7 heteroatoms. The number of nitrogens with zero attached hydrogens (tertiary/aromatic N) is 3. The standard InChI is InChI=1S/C15H14BrN3O2S/c1-3-19-14(20)12-7-10(16)4-5-13(12)17-15(19)22-8-11-6-9(2)21-18-11/h4-7H,3,8H2,1-2H3. The second-order valence-electron chi connectivity index (χ2n) is 4.82. The van der Waals surface area contributed by atoms with Crippen molar-refractivity contribution in [3.63, 3.8) is 0 Å². The molecular weight excluding hydrogens is 366 g/mol. The lowest BCUT2D eigenvalue weighted by molar-refractivity contribution is 0.393. The average Bonchev–Trinajstić information content (AvgIpc) is 2.91. The van der Waals surface area contributed by atoms with E-state index in [4.69, 9.17) is 4.52 Å². The molecule has 0 aliphatic carbocycles. The van der Waals surface area contributed by atoms with E-state index >= 15 is 0 Å². The lowest BCUT2D eigenvalue weighted by atomic mass is 10.2. The average molecular weight is 380 g/mol. The van der Waals surface area contributed by atoms with Crippen LogP contribution in [0.2, 0.25) is 0 Å². The van der Waals surface area contributed by atoms with Crippen LogP contribution in [-0.4, -0.2) is 14.7 Å². The second kappa shape index (κ2) is 6.26. The van der Waals surface area contributed by atoms with Crippen molar-refractivity contribution in [2.45, 2.75) is 31.3 Å². The maximum Gasteiger partial charge on any atom is 0.262 e. The first kappa shape index (κ1) is 15.3. The predicted octanol–water partition coefficient (Wildman–Crippen LogP) is 3.77. The molecule has 3 rings (SSSR count). The summed E-state index contributed by atoms with van der Waals surface area (Å²) in [4.78, 5) is 17.2. The highest BCUT2D eigenvalue weighted by Crippen LogP contribution is 2.23. The molecule has 22 heavy (non-hydrogen) atoms. The summed E-state index contributed by atoms with van der Waals surface area (Å²) in [5.74, 6) is 1.39. The normalized spacial score (nSPS) is 11.2. The fourth-order valence-electron chi connectivity index (χ4n) is 2.19. The van der Waals surface area contributed by atoms with Gasteiger partial charge in [-0.3, -0.25) is 9.36 Å². The van der Waals surface area contributed by atoms with Gasteiger partial charge in [-0.15, -0.1) is 0 Å². The topological polar surface area (TPSA) is 60.9 Å². The van der Waals surface area contributed by atoms with Gasteiger partial charge in [-0.25, -0.2) is 4.98 Å². The highest BCUT2D eigenvalue weighted by atomic mass is 79.9. The molecule has 0 fully saturated rings. The molecule has 1 aromatic carbocycles. The first-order valence-electron chi connectivity index (χ1n) is 6.83. The molecule has 114 valence electrons. The summed E-state index contributed by atoms with van der Waals surface area (Å²) >= 11 is 4.88. The molecule has 0 aliphatic rings. The zero-order valence-electron chi connectivity index (χ0n) is 12.2. The Labute approximate surface area is 139 Å². The van der Waals surface area contributed by atoms with Crippen LogP contribution in [0, 0.1) is 6.92 Å². The third-order valence-corrected chi connectivity index (χ3v) is 4.73. The number of hydrogen-bond acceptors (Lipinski definition) is 5. The summed E-state index contributed by atoms with van der Waals surface area (Å²) in [5.41, 5.74) is 1.53. The van der Waals surface area contributed by atoms with Crippen molar-refractivity contribution in [2.75, 3.05) is 0 Å². The van der Waals surface area contributed by atoms with E-state index < -0.39 is 0 Å². The molecule has 0 N–H and O–H groups in total. The molecule has 0 amide bonds. The number of hydrogen-bond donors (Lipinski definition) is 0. The molecule has 0 saturated carbocycles. The monoisotopic (exact) mass is 379 g/mol. The van der Waals surface area contributed by atoms with Crippen molar-refractivity contribution >= 4 is 38.6 Å². The Kier molecular flexibility index (Phi) is 4.35. The van der Waals surface area contributed by atoms with Crippen LogP contribution in [0.4, 0.5) is 0 Å². The maximum atomic E-state index is 12.6. The summed E-state index contributed by atoms with van der Waals surface area (Å²) in [6.07, 6.45) is 0. The van der Waals surface area contributed by atoms with E-state index in [1.165, 1.54) is 11.8 Å². The quantitative estimate of drug-likeness (QED) is 0.509. The van der Waals surface area contributed by atoms with Gasteiger partial charge in [0.15, 0.2) is 5.16 Å². The van der Waals surface area contributed by atoms with Gasteiger partial charge in [0.2, 0.25) is 0 Å². The van der Waals surface area contributed by atoms with Gasteiger partial charge >= 0.3 is 0 Å². The third-order valence-electron chi connectivity index (χ3n) is 3.22. The Morgan fingerprint density at radius 1 is 1.36 bits per heavy atom. The second-order valence-corrected chi connectivity index (χ2v) is 6.68. The Hall–Kier alpha value is -1.60. The summed E-state index contributed by atoms with van der Waals surface area (Å²) in [6, 6.07) is 7.44. The van der Waals surface area contributed by atoms with Gasteiger partial charge in [-0.1, -0.05) is 32.8 Å². The van der Waals surface area contributed by atoms with E-state index in [1.54, 1.807) is 4.57 Å². The van der Waals surface area contributed by atoms with Gasteiger partial charge in [0.05, 0.1) is 16.6 Å². The van der Waals surface area contributed by atoms with E-state index in [9.17, 15) is 4.79 Å². The molecule has 5 nitrogen and oxygen atoms in total. The number of thioether (sulfide) groups is 1. The Bertz CT molecular complexity index is 888. The van der Waals surface area contributed by atoms with E-state index in [0.29, 0.717) is 28.4 Å². The SMILES string of the molecule is CCn1c(SCc2cc(C)on2)nc2ccc(Br)cc2c1=O. The number of halogens is 1. The largest absolute Gasteiger partial charge is 0.361 e. The van der Waals surface area contributed by atoms with Crippen molar-refractivity contribution < 1.29 is 4.52 Å². The third kappa shape index (κ3) is 2.96. The van der Waals surface area contributed by atoms with Crippen LogP contribution in [-0.2, 0) is 12.3 Å². The van der Waals surface area contributed by atoms with Crippen molar-refractivity contribution in [3.05, 3.63) is 50.5 Å². The summed E-state index contributed by atoms with van der Waals surface area (Å²) in [5, 5.41) is 5.29. The minimum Gasteiger partial charge on any atom is -0.361 e. The molecule has 2 heterocycles. The zero-order valence-corrected chi connectivity index (χ0v) is 14.6. The van der Waals surface area contributed by atoms with Crippen LogP contribution >= 0.6 is 27.7 Å². The molecule has 0 unspecified atom stereocenters. The predicted molar refractivity (Wildman–Crippen MR) is 90.2 cm³/mol. The van der Waals surface area contributed by atoms with E-state index in [0.717, 1.165) is 15.9 Å². The first-order valence-corrected chi connectivity index (χ1v) is 8.61. The van der Waals surface area contributed by atoms with Crippen LogP contribution in [0.5, 0.6) is 0 Å². The van der Waals surface area contributed by atoms with Crippen molar-refractivity contribution in [2.24, 2.45) is 0 Å². The molecule has 0 aliphatic heterocycles.